The average Bonchev–Trinajstić information content (AvgIpc) is 3.61. The summed E-state index contributed by atoms with van der Waals surface area (Å²) in [6.45, 7) is 3.15. The summed E-state index contributed by atoms with van der Waals surface area (Å²) in [6.07, 6.45) is 10.7. The number of rotatable bonds is 14. The number of hydrogen-bond acceptors (Lipinski definition) is 10. The van der Waals surface area contributed by atoms with Gasteiger partial charge in [-0.3, -0.25) is 28.8 Å². The first kappa shape index (κ1) is 43.9. The molecule has 0 bridgehead atoms. The Morgan fingerprint density at radius 3 is 2.44 bits per heavy atom. The monoisotopic (exact) mass is 907 g/mol. The highest BCUT2D eigenvalue weighted by atomic mass is 79.9. The first-order valence-corrected chi connectivity index (χ1v) is 23.0. The fourth-order valence-electron chi connectivity index (χ4n) is 12.9. The first-order valence-electron chi connectivity index (χ1n) is 21.9. The molecule has 14 nitrogen and oxygen atoms in total. The highest BCUT2D eigenvalue weighted by molar-refractivity contribution is 9.09. The topological polar surface area (TPSA) is 218 Å². The minimum atomic E-state index is -1.41. The van der Waals surface area contributed by atoms with Gasteiger partial charge < -0.3 is 40.7 Å². The van der Waals surface area contributed by atoms with Gasteiger partial charge in [0.2, 0.25) is 17.7 Å². The number of carbonyl (C=O) groups excluding carboxylic acids is 5. The molecule has 1 aliphatic heterocycles. The molecule has 7 aliphatic rings. The van der Waals surface area contributed by atoms with Gasteiger partial charge in [0.1, 0.15) is 12.6 Å². The van der Waals surface area contributed by atoms with Gasteiger partial charge in [-0.25, -0.2) is 0 Å². The van der Waals surface area contributed by atoms with Crippen molar-refractivity contribution in [3.63, 3.8) is 0 Å². The number of Topliss-reactive ketones (excluding diaryl/α,β-unsaturated/α-hetero) is 1. The van der Waals surface area contributed by atoms with Crippen molar-refractivity contribution in [2.45, 2.75) is 127 Å². The van der Waals surface area contributed by atoms with Gasteiger partial charge in [0.05, 0.1) is 24.1 Å². The maximum atomic E-state index is 14.0. The largest absolute Gasteiger partial charge is 0.481 e. The predicted octanol–water partition coefficient (Wildman–Crippen LogP) is 3.76. The van der Waals surface area contributed by atoms with Crippen molar-refractivity contribution in [1.29, 1.82) is 0 Å². The van der Waals surface area contributed by atoms with Crippen molar-refractivity contribution in [1.82, 2.24) is 16.0 Å². The Labute approximate surface area is 364 Å². The van der Waals surface area contributed by atoms with E-state index in [1.165, 1.54) is 5.56 Å². The second-order valence-corrected chi connectivity index (χ2v) is 19.9. The Morgan fingerprint density at radius 2 is 1.75 bits per heavy atom. The Morgan fingerprint density at radius 1 is 1.02 bits per heavy atom. The zero-order valence-electron chi connectivity index (χ0n) is 34.8. The molecule has 1 unspecified atom stereocenters. The van der Waals surface area contributed by atoms with Crippen molar-refractivity contribution in [2.24, 2.45) is 39.9 Å². The number of alkyl halides is 1. The molecule has 0 radical (unpaired) electrons. The number of allylic oxidation sites excluding steroid dienone is 4. The number of aliphatic hydroxyl groups is 2. The number of halogens is 1. The Kier molecular flexibility index (Phi) is 12.0. The van der Waals surface area contributed by atoms with E-state index in [1.807, 2.05) is 25.1 Å². The van der Waals surface area contributed by atoms with E-state index in [4.69, 9.17) is 9.47 Å². The van der Waals surface area contributed by atoms with Crippen molar-refractivity contribution < 1.29 is 53.6 Å². The van der Waals surface area contributed by atoms with E-state index in [1.54, 1.807) is 12.2 Å². The van der Waals surface area contributed by atoms with Crippen LogP contribution < -0.4 is 16.0 Å². The van der Waals surface area contributed by atoms with Crippen LogP contribution in [0.4, 0.5) is 0 Å². The molecule has 330 valence electrons. The van der Waals surface area contributed by atoms with Crippen LogP contribution in [0, 0.1) is 39.9 Å². The number of amides is 3. The summed E-state index contributed by atoms with van der Waals surface area (Å²) in [7, 11) is 0. The molecule has 6 N–H and O–H groups in total. The SMILES string of the molecule is C[C@]12C=CC(=O)C=C1CC[C@@H]1[C@@H]2[C@@H](O)C[C@@]2(C)[C@H]1C[C@H]1O[C@@H](c3ccc(CC4CC45CCC(NC(=O)[C@H](CCC(=O)O)NC(=O)CNC(=O)CBr)CC5)cc3)O[C@]12C(=O)CO. The van der Waals surface area contributed by atoms with Crippen molar-refractivity contribution >= 4 is 51.2 Å². The van der Waals surface area contributed by atoms with E-state index in [0.717, 1.165) is 62.5 Å². The van der Waals surface area contributed by atoms with Crippen molar-refractivity contribution in [2.75, 3.05) is 18.5 Å². The van der Waals surface area contributed by atoms with Crippen LogP contribution in [0.25, 0.3) is 0 Å². The molecule has 61 heavy (non-hydrogen) atoms. The molecule has 6 fully saturated rings. The Balaban J connectivity index is 0.867. The van der Waals surface area contributed by atoms with Gasteiger partial charge in [-0.2, -0.15) is 0 Å². The van der Waals surface area contributed by atoms with Gasteiger partial charge in [-0.1, -0.05) is 65.7 Å². The summed E-state index contributed by atoms with van der Waals surface area (Å²) in [6, 6.07) is 7.04. The number of aliphatic carboxylic acids is 1. The van der Waals surface area contributed by atoms with Gasteiger partial charge >= 0.3 is 5.97 Å². The van der Waals surface area contributed by atoms with E-state index >= 15 is 0 Å². The number of carbonyl (C=O) groups is 6. The highest BCUT2D eigenvalue weighted by Gasteiger charge is 2.76. The number of aliphatic hydroxyl groups excluding tert-OH is 2. The van der Waals surface area contributed by atoms with Gasteiger partial charge in [0.25, 0.3) is 0 Å². The molecule has 1 heterocycles. The lowest BCUT2D eigenvalue weighted by atomic mass is 9.46. The molecule has 6 aliphatic carbocycles. The van der Waals surface area contributed by atoms with E-state index in [2.05, 4.69) is 50.9 Å². The lowest BCUT2D eigenvalue weighted by Crippen LogP contribution is -2.63. The second-order valence-electron chi connectivity index (χ2n) is 19.3. The number of carboxylic acids is 1. The Bertz CT molecular complexity index is 2010. The third kappa shape index (κ3) is 7.84. The maximum Gasteiger partial charge on any atom is 0.303 e. The molecule has 0 aromatic heterocycles. The normalized spacial score (nSPS) is 38.6. The number of hydrogen-bond donors (Lipinski definition) is 6. The van der Waals surface area contributed by atoms with Crippen LogP contribution in [0.1, 0.15) is 102 Å². The number of fused-ring (bicyclic) bond motifs is 7. The molecule has 3 amide bonds. The average molecular weight is 909 g/mol. The van der Waals surface area contributed by atoms with Crippen LogP contribution in [-0.2, 0) is 44.7 Å². The zero-order chi connectivity index (χ0) is 43.5. The Hall–Kier alpha value is -3.76. The summed E-state index contributed by atoms with van der Waals surface area (Å²) in [5.41, 5.74) is 0.602. The lowest BCUT2D eigenvalue weighted by Gasteiger charge is -2.59. The molecule has 1 aromatic rings. The van der Waals surface area contributed by atoms with Gasteiger partial charge in [-0.15, -0.1) is 0 Å². The van der Waals surface area contributed by atoms with E-state index in [0.29, 0.717) is 18.8 Å². The van der Waals surface area contributed by atoms with Crippen LogP contribution in [0.3, 0.4) is 0 Å². The molecule has 5 saturated carbocycles. The van der Waals surface area contributed by atoms with Crippen LogP contribution >= 0.6 is 15.9 Å². The number of benzene rings is 1. The van der Waals surface area contributed by atoms with E-state index in [-0.39, 0.29) is 65.6 Å². The molecule has 15 heteroatoms. The number of ether oxygens (including phenoxy) is 2. The predicted molar refractivity (Wildman–Crippen MR) is 224 cm³/mol. The van der Waals surface area contributed by atoms with Crippen molar-refractivity contribution in [3.8, 4) is 0 Å². The van der Waals surface area contributed by atoms with Crippen LogP contribution in [0.5, 0.6) is 0 Å². The lowest BCUT2D eigenvalue weighted by molar-refractivity contribution is -0.201. The van der Waals surface area contributed by atoms with E-state index in [9.17, 15) is 44.1 Å². The van der Waals surface area contributed by atoms with Gasteiger partial charge in [0, 0.05) is 34.8 Å². The maximum absolute atomic E-state index is 14.0. The van der Waals surface area contributed by atoms with Crippen LogP contribution in [0.15, 0.2) is 48.1 Å². The smallest absolute Gasteiger partial charge is 0.303 e. The third-order valence-electron chi connectivity index (χ3n) is 16.1. The molecular weight excluding hydrogens is 850 g/mol. The summed E-state index contributed by atoms with van der Waals surface area (Å²) in [4.78, 5) is 74.6. The van der Waals surface area contributed by atoms with E-state index < -0.39 is 71.1 Å². The summed E-state index contributed by atoms with van der Waals surface area (Å²) in [5.74, 6) is -2.40. The molecule has 11 atom stereocenters. The molecular formula is C46H58BrN3O11. The highest BCUT2D eigenvalue weighted by Crippen LogP contribution is 2.70. The second kappa shape index (κ2) is 16.7. The standard InChI is InChI=1S/C46H58BrN3O11/c1-43-14-13-30(52)18-27(43)7-8-31-32-19-36-46(35(54)24-51,44(32,2)21-34(53)40(31)43)61-42(60-36)26-5-3-25(4-6-26)17-28-20-45(28)15-11-29(12-16-45)49-41(59)33(9-10-39(57)58)50-38(56)23-48-37(55)22-47/h3-6,13-14,18,28-29,31-34,36,40,42,51,53H,7-12,15-17,19-24H2,1-2H3,(H,48,55)(H,49,59)(H,50,56)(H,57,58)/t28?,29?,31-,32-,33-,34-,36+,40+,42+,43-,44-,45?,46+/m0/s1. The number of carboxylic acid groups (broad SMARTS) is 1. The minimum Gasteiger partial charge on any atom is -0.481 e. The number of nitrogens with one attached hydrogen (secondary N) is 3. The summed E-state index contributed by atoms with van der Waals surface area (Å²) >= 11 is 3.01. The molecule has 1 saturated heterocycles. The first-order chi connectivity index (χ1) is 29.1. The van der Waals surface area contributed by atoms with Gasteiger partial charge in [-0.05, 0) is 112 Å². The quantitative estimate of drug-likeness (QED) is 0.148. The third-order valence-corrected chi connectivity index (χ3v) is 16.6. The minimum absolute atomic E-state index is 0.0188. The fourth-order valence-corrected chi connectivity index (χ4v) is 13.1. The zero-order valence-corrected chi connectivity index (χ0v) is 36.4. The van der Waals surface area contributed by atoms with Gasteiger partial charge in [0.15, 0.2) is 23.5 Å². The molecule has 1 spiro atoms. The molecule has 8 rings (SSSR count). The fraction of sp³-hybridized carbons (Fsp3) is 0.652. The molecule has 1 aromatic carbocycles. The summed E-state index contributed by atoms with van der Waals surface area (Å²) in [5, 5.41) is 39.6. The van der Waals surface area contributed by atoms with Crippen molar-refractivity contribution in [3.05, 3.63) is 59.2 Å². The number of ketones is 2. The van der Waals surface area contributed by atoms with Crippen LogP contribution in [-0.4, -0.2) is 99.0 Å². The van der Waals surface area contributed by atoms with Crippen LogP contribution in [0.2, 0.25) is 0 Å². The summed E-state index contributed by atoms with van der Waals surface area (Å²) < 4.78 is 13.5.